The Morgan fingerprint density at radius 2 is 1.95 bits per heavy atom. The third-order valence-electron chi connectivity index (χ3n) is 2.94. The van der Waals surface area contributed by atoms with Crippen LogP contribution in [-0.4, -0.2) is 13.5 Å². The Hall–Kier alpha value is -1.63. The zero-order valence-corrected chi connectivity index (χ0v) is 12.7. The van der Waals surface area contributed by atoms with Gasteiger partial charge < -0.3 is 5.11 Å². The summed E-state index contributed by atoms with van der Waals surface area (Å²) >= 11 is 5.83. The Bertz CT molecular complexity index is 778. The van der Waals surface area contributed by atoms with E-state index in [1.165, 1.54) is 30.3 Å². The topological polar surface area (TPSA) is 66.4 Å². The third kappa shape index (κ3) is 3.53. The molecule has 0 aliphatic heterocycles. The number of rotatable bonds is 4. The standard InChI is InChI=1S/C14H13ClFNO3S/c1-9-2-3-11(16)7-14(9)17-21(19,20)12-4-5-13(15)10(6-12)8-18/h2-7,17-18H,8H2,1H3. The molecule has 0 unspecified atom stereocenters. The molecule has 0 aliphatic rings. The molecule has 112 valence electrons. The predicted octanol–water partition coefficient (Wildman–Crippen LogP) is 3.08. The van der Waals surface area contributed by atoms with Crippen molar-refractivity contribution in [3.05, 3.63) is 58.4 Å². The number of aliphatic hydroxyl groups excluding tert-OH is 1. The van der Waals surface area contributed by atoms with E-state index in [1.807, 2.05) is 0 Å². The molecule has 0 spiro atoms. The van der Waals surface area contributed by atoms with Crippen LogP contribution in [0, 0.1) is 12.7 Å². The number of sulfonamides is 1. The van der Waals surface area contributed by atoms with E-state index >= 15 is 0 Å². The van der Waals surface area contributed by atoms with Crippen molar-refractivity contribution >= 4 is 27.3 Å². The summed E-state index contributed by atoms with van der Waals surface area (Å²) in [6.07, 6.45) is 0. The molecule has 4 nitrogen and oxygen atoms in total. The van der Waals surface area contributed by atoms with Crippen LogP contribution in [0.5, 0.6) is 0 Å². The SMILES string of the molecule is Cc1ccc(F)cc1NS(=O)(=O)c1ccc(Cl)c(CO)c1. The highest BCUT2D eigenvalue weighted by Crippen LogP contribution is 2.24. The molecule has 2 N–H and O–H groups in total. The van der Waals surface area contributed by atoms with Gasteiger partial charge in [-0.05, 0) is 48.4 Å². The Morgan fingerprint density at radius 3 is 2.62 bits per heavy atom. The zero-order chi connectivity index (χ0) is 15.6. The molecule has 2 rings (SSSR count). The van der Waals surface area contributed by atoms with Gasteiger partial charge in [0.2, 0.25) is 0 Å². The molecular formula is C14H13ClFNO3S. The number of hydrogen-bond donors (Lipinski definition) is 2. The van der Waals surface area contributed by atoms with Gasteiger partial charge in [0.05, 0.1) is 17.2 Å². The summed E-state index contributed by atoms with van der Waals surface area (Å²) < 4.78 is 40.1. The first kappa shape index (κ1) is 15.8. The van der Waals surface area contributed by atoms with Gasteiger partial charge >= 0.3 is 0 Å². The molecule has 0 fully saturated rings. The zero-order valence-electron chi connectivity index (χ0n) is 11.1. The number of aliphatic hydroxyl groups is 1. The van der Waals surface area contributed by atoms with Gasteiger partial charge in [-0.25, -0.2) is 12.8 Å². The Balaban J connectivity index is 2.41. The van der Waals surface area contributed by atoms with Gasteiger partial charge in [0, 0.05) is 5.02 Å². The minimum absolute atomic E-state index is 0.0559. The molecule has 0 bridgehead atoms. The Labute approximate surface area is 127 Å². The van der Waals surface area contributed by atoms with Crippen LogP contribution in [0.15, 0.2) is 41.3 Å². The van der Waals surface area contributed by atoms with Gasteiger partial charge in [0.1, 0.15) is 5.82 Å². The van der Waals surface area contributed by atoms with Gasteiger partial charge in [-0.15, -0.1) is 0 Å². The lowest BCUT2D eigenvalue weighted by Gasteiger charge is -2.12. The van der Waals surface area contributed by atoms with Gasteiger partial charge in [0.15, 0.2) is 0 Å². The predicted molar refractivity (Wildman–Crippen MR) is 79.3 cm³/mol. The second kappa shape index (κ2) is 6.01. The van der Waals surface area contributed by atoms with Crippen molar-refractivity contribution in [3.63, 3.8) is 0 Å². The lowest BCUT2D eigenvalue weighted by molar-refractivity contribution is 0.281. The highest BCUT2D eigenvalue weighted by Gasteiger charge is 2.17. The molecule has 0 radical (unpaired) electrons. The molecule has 7 heteroatoms. The summed E-state index contributed by atoms with van der Waals surface area (Å²) in [7, 11) is -3.89. The third-order valence-corrected chi connectivity index (χ3v) is 4.67. The van der Waals surface area contributed by atoms with E-state index in [9.17, 15) is 12.8 Å². The number of benzene rings is 2. The van der Waals surface area contributed by atoms with Crippen molar-refractivity contribution < 1.29 is 17.9 Å². The molecule has 0 amide bonds. The summed E-state index contributed by atoms with van der Waals surface area (Å²) in [5, 5.41) is 9.41. The average molecular weight is 330 g/mol. The molecule has 0 saturated heterocycles. The summed E-state index contributed by atoms with van der Waals surface area (Å²) in [6.45, 7) is 1.29. The second-order valence-electron chi connectivity index (χ2n) is 4.48. The molecule has 0 atom stereocenters. The van der Waals surface area contributed by atoms with Gasteiger partial charge in [-0.3, -0.25) is 4.72 Å². The first-order valence-corrected chi connectivity index (χ1v) is 7.88. The normalized spacial score (nSPS) is 11.4. The molecule has 2 aromatic carbocycles. The molecule has 0 heterocycles. The van der Waals surface area contributed by atoms with E-state index in [-0.39, 0.29) is 22.2 Å². The summed E-state index contributed by atoms with van der Waals surface area (Å²) in [5.41, 5.74) is 1.06. The molecular weight excluding hydrogens is 317 g/mol. The summed E-state index contributed by atoms with van der Waals surface area (Å²) in [4.78, 5) is -0.0559. The monoisotopic (exact) mass is 329 g/mol. The Morgan fingerprint density at radius 1 is 1.24 bits per heavy atom. The van der Waals surface area contributed by atoms with Crippen LogP contribution in [-0.2, 0) is 16.6 Å². The largest absolute Gasteiger partial charge is 0.392 e. The smallest absolute Gasteiger partial charge is 0.261 e. The van der Waals surface area contributed by atoms with Crippen molar-refractivity contribution in [2.45, 2.75) is 18.4 Å². The van der Waals surface area contributed by atoms with Crippen molar-refractivity contribution in [1.82, 2.24) is 0 Å². The highest BCUT2D eigenvalue weighted by atomic mass is 35.5. The minimum atomic E-state index is -3.89. The van der Waals surface area contributed by atoms with E-state index in [2.05, 4.69) is 4.72 Å². The molecule has 2 aromatic rings. The number of anilines is 1. The average Bonchev–Trinajstić information content (AvgIpc) is 2.43. The van der Waals surface area contributed by atoms with E-state index in [0.29, 0.717) is 11.1 Å². The van der Waals surface area contributed by atoms with E-state index in [1.54, 1.807) is 6.92 Å². The highest BCUT2D eigenvalue weighted by molar-refractivity contribution is 7.92. The van der Waals surface area contributed by atoms with Crippen LogP contribution in [0.25, 0.3) is 0 Å². The van der Waals surface area contributed by atoms with Crippen molar-refractivity contribution in [2.24, 2.45) is 0 Å². The first-order valence-electron chi connectivity index (χ1n) is 6.02. The fourth-order valence-electron chi connectivity index (χ4n) is 1.75. The van der Waals surface area contributed by atoms with Gasteiger partial charge in [-0.1, -0.05) is 17.7 Å². The second-order valence-corrected chi connectivity index (χ2v) is 6.57. The van der Waals surface area contributed by atoms with E-state index in [4.69, 9.17) is 16.7 Å². The van der Waals surface area contributed by atoms with Crippen LogP contribution in [0.1, 0.15) is 11.1 Å². The van der Waals surface area contributed by atoms with Crippen molar-refractivity contribution in [3.8, 4) is 0 Å². The Kier molecular flexibility index (Phi) is 4.51. The molecule has 0 aliphatic carbocycles. The van der Waals surface area contributed by atoms with Crippen LogP contribution < -0.4 is 4.72 Å². The van der Waals surface area contributed by atoms with Crippen molar-refractivity contribution in [1.29, 1.82) is 0 Å². The van der Waals surface area contributed by atoms with Crippen LogP contribution in [0.4, 0.5) is 10.1 Å². The fourth-order valence-corrected chi connectivity index (χ4v) is 3.10. The van der Waals surface area contributed by atoms with Crippen LogP contribution in [0.2, 0.25) is 5.02 Å². The summed E-state index contributed by atoms with van der Waals surface area (Å²) in [5.74, 6) is -0.537. The number of nitrogens with one attached hydrogen (secondary N) is 1. The lowest BCUT2D eigenvalue weighted by atomic mass is 10.2. The molecule has 0 aromatic heterocycles. The van der Waals surface area contributed by atoms with Crippen molar-refractivity contribution in [2.75, 3.05) is 4.72 Å². The molecule has 0 saturated carbocycles. The van der Waals surface area contributed by atoms with Gasteiger partial charge in [-0.2, -0.15) is 0 Å². The van der Waals surface area contributed by atoms with Crippen LogP contribution >= 0.6 is 11.6 Å². The maximum Gasteiger partial charge on any atom is 0.261 e. The maximum atomic E-state index is 13.2. The maximum absolute atomic E-state index is 13.2. The van der Waals surface area contributed by atoms with E-state index in [0.717, 1.165) is 6.07 Å². The minimum Gasteiger partial charge on any atom is -0.392 e. The molecule has 21 heavy (non-hydrogen) atoms. The number of halogens is 2. The fraction of sp³-hybridized carbons (Fsp3) is 0.143. The van der Waals surface area contributed by atoms with E-state index < -0.39 is 15.8 Å². The van der Waals surface area contributed by atoms with Gasteiger partial charge in [0.25, 0.3) is 10.0 Å². The number of aryl methyl sites for hydroxylation is 1. The first-order chi connectivity index (χ1) is 9.83. The number of hydrogen-bond acceptors (Lipinski definition) is 3. The quantitative estimate of drug-likeness (QED) is 0.906. The lowest BCUT2D eigenvalue weighted by Crippen LogP contribution is -2.14. The van der Waals surface area contributed by atoms with Crippen LogP contribution in [0.3, 0.4) is 0 Å². The summed E-state index contributed by atoms with van der Waals surface area (Å²) in [6, 6.07) is 7.82.